The molecule has 6 nitrogen and oxygen atoms in total. The molecule has 5 rings (SSSR count). The molecule has 0 spiro atoms. The van der Waals surface area contributed by atoms with Gasteiger partial charge >= 0.3 is 5.97 Å². The molecule has 0 amide bonds. The van der Waals surface area contributed by atoms with E-state index in [0.29, 0.717) is 19.3 Å². The van der Waals surface area contributed by atoms with E-state index in [0.717, 1.165) is 37.7 Å². The Bertz CT molecular complexity index is 950. The number of rotatable bonds is 3. The van der Waals surface area contributed by atoms with Crippen molar-refractivity contribution < 1.29 is 30.3 Å². The lowest BCUT2D eigenvalue weighted by Gasteiger charge is -2.73. The highest BCUT2D eigenvalue weighted by Crippen LogP contribution is 2.77. The van der Waals surface area contributed by atoms with Crippen molar-refractivity contribution in [3.63, 3.8) is 0 Å². The summed E-state index contributed by atoms with van der Waals surface area (Å²) in [6, 6.07) is 0. The average Bonchev–Trinajstić information content (AvgIpc) is 3.19. The Kier molecular flexibility index (Phi) is 5.95. The SMILES string of the molecule is C=C(C)[C@@H]1CC[C@]2(C(=O)O)CC[C@]3(C)[C@H](CC[C@@H]4[C@@]5(C)C[C@@H](O)[C@H](O)[C@@](C)(CO)[C@@H]5[C@H](O)C[C@]43C)[C@H]12. The quantitative estimate of drug-likeness (QED) is 0.371. The molecule has 5 fully saturated rings. The highest BCUT2D eigenvalue weighted by Gasteiger charge is 2.74. The van der Waals surface area contributed by atoms with Crippen LogP contribution in [0.1, 0.15) is 86.0 Å². The van der Waals surface area contributed by atoms with Crippen molar-refractivity contribution in [2.75, 3.05) is 6.61 Å². The van der Waals surface area contributed by atoms with Gasteiger partial charge in [-0.05, 0) is 98.2 Å². The van der Waals surface area contributed by atoms with Crippen LogP contribution in [0.25, 0.3) is 0 Å². The third-order valence-electron chi connectivity index (χ3n) is 13.5. The summed E-state index contributed by atoms with van der Waals surface area (Å²) in [4.78, 5) is 12.8. The molecule has 0 radical (unpaired) electrons. The Balaban J connectivity index is 1.61. The molecule has 0 heterocycles. The molecule has 5 aliphatic rings. The monoisotopic (exact) mass is 504 g/mol. The molecule has 204 valence electrons. The van der Waals surface area contributed by atoms with Crippen LogP contribution in [0.4, 0.5) is 0 Å². The Morgan fingerprint density at radius 2 is 1.58 bits per heavy atom. The normalized spacial score (nSPS) is 58.2. The van der Waals surface area contributed by atoms with Crippen molar-refractivity contribution in [1.29, 1.82) is 0 Å². The van der Waals surface area contributed by atoms with E-state index in [-0.39, 0.29) is 47.0 Å². The number of hydrogen-bond donors (Lipinski definition) is 5. The first-order chi connectivity index (χ1) is 16.6. The second kappa shape index (κ2) is 8.03. The number of carboxylic acid groups (broad SMARTS) is 1. The zero-order valence-corrected chi connectivity index (χ0v) is 22.8. The number of allylic oxidation sites excluding steroid dienone is 1. The van der Waals surface area contributed by atoms with Crippen LogP contribution < -0.4 is 0 Å². The molecule has 0 aromatic heterocycles. The smallest absolute Gasteiger partial charge is 0.309 e. The van der Waals surface area contributed by atoms with Gasteiger partial charge in [-0.2, -0.15) is 0 Å². The summed E-state index contributed by atoms with van der Waals surface area (Å²) in [6.07, 6.45) is 3.20. The fourth-order valence-corrected chi connectivity index (χ4v) is 11.8. The van der Waals surface area contributed by atoms with Crippen molar-refractivity contribution in [1.82, 2.24) is 0 Å². The summed E-state index contributed by atoms with van der Waals surface area (Å²) in [5, 5.41) is 54.7. The first-order valence-electron chi connectivity index (χ1n) is 14.2. The molecular formula is C30H48O6. The van der Waals surface area contributed by atoms with Crippen LogP contribution in [0.5, 0.6) is 0 Å². The van der Waals surface area contributed by atoms with Crippen molar-refractivity contribution in [3.05, 3.63) is 12.2 Å². The van der Waals surface area contributed by atoms with Crippen LogP contribution in [-0.4, -0.2) is 56.4 Å². The van der Waals surface area contributed by atoms with Gasteiger partial charge < -0.3 is 25.5 Å². The van der Waals surface area contributed by atoms with E-state index in [9.17, 15) is 30.3 Å². The van der Waals surface area contributed by atoms with Crippen LogP contribution in [0.15, 0.2) is 12.2 Å². The maximum absolute atomic E-state index is 12.8. The summed E-state index contributed by atoms with van der Waals surface area (Å²) >= 11 is 0. The van der Waals surface area contributed by atoms with Crippen LogP contribution in [0, 0.1) is 56.7 Å². The fourth-order valence-electron chi connectivity index (χ4n) is 11.8. The maximum Gasteiger partial charge on any atom is 0.309 e. The van der Waals surface area contributed by atoms with Crippen molar-refractivity contribution in [3.8, 4) is 0 Å². The first-order valence-corrected chi connectivity index (χ1v) is 14.2. The minimum Gasteiger partial charge on any atom is -0.481 e. The topological polar surface area (TPSA) is 118 Å². The molecule has 5 aliphatic carbocycles. The summed E-state index contributed by atoms with van der Waals surface area (Å²) in [5.74, 6) is -0.245. The molecule has 0 bridgehead atoms. The molecule has 0 unspecified atom stereocenters. The Morgan fingerprint density at radius 3 is 2.17 bits per heavy atom. The molecule has 5 N–H and O–H groups in total. The number of aliphatic hydroxyl groups is 4. The number of hydrogen-bond acceptors (Lipinski definition) is 5. The zero-order chi connectivity index (χ0) is 26.6. The predicted molar refractivity (Wildman–Crippen MR) is 137 cm³/mol. The molecule has 13 atom stereocenters. The Labute approximate surface area is 216 Å². The van der Waals surface area contributed by atoms with Crippen LogP contribution >= 0.6 is 0 Å². The second-order valence-corrected chi connectivity index (χ2v) is 14.7. The molecule has 5 saturated carbocycles. The van der Waals surface area contributed by atoms with Gasteiger partial charge in [0, 0.05) is 11.3 Å². The molecular weight excluding hydrogens is 456 g/mol. The highest BCUT2D eigenvalue weighted by molar-refractivity contribution is 5.76. The fraction of sp³-hybridized carbons (Fsp3) is 0.900. The minimum absolute atomic E-state index is 0.0631. The summed E-state index contributed by atoms with van der Waals surface area (Å²) in [6.45, 7) is 14.7. The zero-order valence-electron chi connectivity index (χ0n) is 22.8. The third-order valence-corrected chi connectivity index (χ3v) is 13.5. The number of carboxylic acids is 1. The van der Waals surface area contributed by atoms with Crippen molar-refractivity contribution in [2.24, 2.45) is 56.7 Å². The number of aliphatic carboxylic acids is 1. The van der Waals surface area contributed by atoms with E-state index >= 15 is 0 Å². The number of aliphatic hydroxyl groups excluding tert-OH is 4. The van der Waals surface area contributed by atoms with Gasteiger partial charge in [0.05, 0.1) is 30.3 Å². The predicted octanol–water partition coefficient (Wildman–Crippen LogP) is 4.00. The van der Waals surface area contributed by atoms with Crippen LogP contribution in [0.2, 0.25) is 0 Å². The summed E-state index contributed by atoms with van der Waals surface area (Å²) in [7, 11) is 0. The van der Waals surface area contributed by atoms with Crippen LogP contribution in [0.3, 0.4) is 0 Å². The van der Waals surface area contributed by atoms with Gasteiger partial charge in [0.15, 0.2) is 0 Å². The van der Waals surface area contributed by atoms with Gasteiger partial charge in [-0.15, -0.1) is 0 Å². The van der Waals surface area contributed by atoms with E-state index in [2.05, 4.69) is 34.3 Å². The van der Waals surface area contributed by atoms with Gasteiger partial charge in [-0.3, -0.25) is 4.79 Å². The molecule has 6 heteroatoms. The third kappa shape index (κ3) is 2.96. The molecule has 36 heavy (non-hydrogen) atoms. The molecule has 0 aromatic carbocycles. The summed E-state index contributed by atoms with van der Waals surface area (Å²) < 4.78 is 0. The van der Waals surface area contributed by atoms with Crippen LogP contribution in [-0.2, 0) is 4.79 Å². The highest BCUT2D eigenvalue weighted by atomic mass is 16.4. The molecule has 0 aromatic rings. The lowest BCUT2D eigenvalue weighted by molar-refractivity contribution is -0.296. The number of carbonyl (C=O) groups is 1. The minimum atomic E-state index is -1.08. The molecule has 0 saturated heterocycles. The Hall–Kier alpha value is -0.950. The van der Waals surface area contributed by atoms with E-state index in [4.69, 9.17) is 0 Å². The van der Waals surface area contributed by atoms with E-state index in [1.807, 2.05) is 6.92 Å². The van der Waals surface area contributed by atoms with Gasteiger partial charge in [0.1, 0.15) is 0 Å². The largest absolute Gasteiger partial charge is 0.481 e. The van der Waals surface area contributed by atoms with Gasteiger partial charge in [-0.1, -0.05) is 39.8 Å². The van der Waals surface area contributed by atoms with E-state index < -0.39 is 40.5 Å². The van der Waals surface area contributed by atoms with E-state index in [1.165, 1.54) is 0 Å². The van der Waals surface area contributed by atoms with Crippen molar-refractivity contribution >= 4 is 5.97 Å². The van der Waals surface area contributed by atoms with Gasteiger partial charge in [-0.25, -0.2) is 0 Å². The average molecular weight is 505 g/mol. The maximum atomic E-state index is 12.8. The first kappa shape index (κ1) is 26.6. The summed E-state index contributed by atoms with van der Waals surface area (Å²) in [5.41, 5.74) is -1.40. The van der Waals surface area contributed by atoms with E-state index in [1.54, 1.807) is 0 Å². The van der Waals surface area contributed by atoms with Gasteiger partial charge in [0.25, 0.3) is 0 Å². The van der Waals surface area contributed by atoms with Crippen molar-refractivity contribution in [2.45, 2.75) is 104 Å². The molecule has 0 aliphatic heterocycles. The Morgan fingerprint density at radius 1 is 0.917 bits per heavy atom. The van der Waals surface area contributed by atoms with Gasteiger partial charge in [0.2, 0.25) is 0 Å². The lowest BCUT2D eigenvalue weighted by Crippen LogP contribution is -2.72. The number of fused-ring (bicyclic) bond motifs is 7. The standard InChI is InChI=1S/C30H48O6/c1-16(2)17-9-10-30(25(35)36)12-11-28(5)18(22(17)30)7-8-21-26(3)13-20(33)24(34)27(4,15-31)23(26)19(32)14-29(21,28)6/h17-24,31-34H,1,7-15H2,2-6H3,(H,35,36)/t17-,18+,19+,20+,21+,22-,23+,24-,26+,27-,28+,29+,30-/m0/s1. The lowest BCUT2D eigenvalue weighted by atomic mass is 9.31. The second-order valence-electron chi connectivity index (χ2n) is 14.7.